The van der Waals surface area contributed by atoms with Gasteiger partial charge in [-0.05, 0) is 62.4 Å². The summed E-state index contributed by atoms with van der Waals surface area (Å²) >= 11 is 6.70. The van der Waals surface area contributed by atoms with Crippen molar-refractivity contribution < 1.29 is 9.47 Å². The third kappa shape index (κ3) is 4.93. The van der Waals surface area contributed by atoms with Crippen LogP contribution >= 0.6 is 11.6 Å². The highest BCUT2D eigenvalue weighted by Gasteiger charge is 2.20. The molecule has 0 atom stereocenters. The number of hydrogen-bond donors (Lipinski definition) is 2. The Morgan fingerprint density at radius 1 is 0.951 bits per heavy atom. The fourth-order valence-corrected chi connectivity index (χ4v) is 5.67. The number of nitrogens with zero attached hydrogens (tertiary/aromatic N) is 6. The highest BCUT2D eigenvalue weighted by Crippen LogP contribution is 2.40. The lowest BCUT2D eigenvalue weighted by atomic mass is 10.1. The van der Waals surface area contributed by atoms with Crippen molar-refractivity contribution in [2.75, 3.05) is 50.7 Å². The second-order valence-corrected chi connectivity index (χ2v) is 10.7. The number of hydrogen-bond acceptors (Lipinski definition) is 8. The molecule has 11 heteroatoms. The van der Waals surface area contributed by atoms with Crippen molar-refractivity contribution in [1.29, 1.82) is 5.41 Å². The van der Waals surface area contributed by atoms with Crippen molar-refractivity contribution in [2.45, 2.75) is 19.9 Å². The van der Waals surface area contributed by atoms with Gasteiger partial charge in [0.25, 0.3) is 0 Å². The molecule has 1 aliphatic rings. The third-order valence-corrected chi connectivity index (χ3v) is 8.08. The zero-order valence-electron chi connectivity index (χ0n) is 23.6. The van der Waals surface area contributed by atoms with Gasteiger partial charge in [0.15, 0.2) is 5.65 Å². The number of benzene rings is 2. The van der Waals surface area contributed by atoms with E-state index in [9.17, 15) is 0 Å². The number of halogens is 1. The summed E-state index contributed by atoms with van der Waals surface area (Å²) in [6, 6.07) is 18.1. The summed E-state index contributed by atoms with van der Waals surface area (Å²) in [7, 11) is 3.16. The van der Waals surface area contributed by atoms with E-state index in [1.54, 1.807) is 30.9 Å². The zero-order valence-corrected chi connectivity index (χ0v) is 24.3. The molecule has 6 rings (SSSR count). The summed E-state index contributed by atoms with van der Waals surface area (Å²) in [5.74, 6) is 1.10. The van der Waals surface area contributed by atoms with Crippen LogP contribution in [0.1, 0.15) is 13.8 Å². The molecule has 1 aliphatic heterocycles. The number of fused-ring (bicyclic) bond motifs is 3. The summed E-state index contributed by atoms with van der Waals surface area (Å²) in [4.78, 5) is 11.0. The maximum Gasteiger partial charge on any atom is 0.245 e. The Bertz CT molecular complexity index is 1770. The zero-order chi connectivity index (χ0) is 28.7. The van der Waals surface area contributed by atoms with E-state index in [0.717, 1.165) is 42.8 Å². The summed E-state index contributed by atoms with van der Waals surface area (Å²) in [5.41, 5.74) is 8.22. The van der Waals surface area contributed by atoms with E-state index in [1.165, 1.54) is 10.5 Å². The van der Waals surface area contributed by atoms with E-state index < -0.39 is 0 Å². The van der Waals surface area contributed by atoms with Gasteiger partial charge in [0.2, 0.25) is 5.62 Å². The van der Waals surface area contributed by atoms with E-state index in [1.807, 2.05) is 36.4 Å². The van der Waals surface area contributed by atoms with Crippen molar-refractivity contribution in [3.63, 3.8) is 0 Å². The van der Waals surface area contributed by atoms with Gasteiger partial charge in [-0.2, -0.15) is 0 Å². The molecule has 0 aliphatic carbocycles. The lowest BCUT2D eigenvalue weighted by Gasteiger charge is -2.38. The fourth-order valence-electron chi connectivity index (χ4n) is 5.39. The topological polar surface area (TPSA) is 95.9 Å². The molecule has 2 N–H and O–H groups in total. The monoisotopic (exact) mass is 572 g/mol. The number of methoxy groups -OCH3 is 2. The molecule has 41 heavy (non-hydrogen) atoms. The number of aromatic nitrogens is 4. The van der Waals surface area contributed by atoms with E-state index in [4.69, 9.17) is 26.5 Å². The summed E-state index contributed by atoms with van der Waals surface area (Å²) in [6.45, 7) is 8.67. The quantitative estimate of drug-likeness (QED) is 0.286. The van der Waals surface area contributed by atoms with Crippen LogP contribution in [0.4, 0.5) is 11.4 Å². The Morgan fingerprint density at radius 2 is 1.71 bits per heavy atom. The Labute approximate surface area is 243 Å². The van der Waals surface area contributed by atoms with E-state index >= 15 is 0 Å². The smallest absolute Gasteiger partial charge is 0.245 e. The van der Waals surface area contributed by atoms with Crippen LogP contribution in [0.2, 0.25) is 5.02 Å². The first-order valence-corrected chi connectivity index (χ1v) is 14.0. The van der Waals surface area contributed by atoms with Gasteiger partial charge >= 0.3 is 0 Å². The maximum atomic E-state index is 8.95. The molecule has 0 spiro atoms. The number of piperazine rings is 1. The summed E-state index contributed by atoms with van der Waals surface area (Å²) in [5, 5.41) is 14.9. The number of rotatable bonds is 7. The number of ether oxygens (including phenoxy) is 2. The molecular formula is C30H33ClN8O2. The second-order valence-electron chi connectivity index (χ2n) is 10.3. The molecular weight excluding hydrogens is 540 g/mol. The first-order valence-electron chi connectivity index (χ1n) is 13.6. The van der Waals surface area contributed by atoms with Crippen LogP contribution in [0, 0.1) is 5.41 Å². The molecule has 0 amide bonds. The van der Waals surface area contributed by atoms with Crippen molar-refractivity contribution in [3.8, 4) is 22.8 Å². The SMILES string of the molecule is COc1cc(OC)c(Cl)c(-c2nccc3c2ccc2nn(Nc4ccc(N5CCN(C(C)C)CC5)cc4)c(=N)n23)c1. The first-order chi connectivity index (χ1) is 19.9. The van der Waals surface area contributed by atoms with Crippen LogP contribution in [-0.2, 0) is 0 Å². The van der Waals surface area contributed by atoms with Crippen LogP contribution in [-0.4, -0.2) is 70.6 Å². The average Bonchev–Trinajstić information content (AvgIpc) is 3.32. The third-order valence-electron chi connectivity index (χ3n) is 7.69. The molecule has 1 fully saturated rings. The Hall–Kier alpha value is -4.28. The lowest BCUT2D eigenvalue weighted by Crippen LogP contribution is -2.48. The lowest BCUT2D eigenvalue weighted by molar-refractivity contribution is 0.209. The first kappa shape index (κ1) is 26.9. The molecule has 4 heterocycles. The molecule has 10 nitrogen and oxygen atoms in total. The molecule has 0 saturated carbocycles. The summed E-state index contributed by atoms with van der Waals surface area (Å²) < 4.78 is 12.7. The van der Waals surface area contributed by atoms with Crippen LogP contribution in [0.25, 0.3) is 27.8 Å². The van der Waals surface area contributed by atoms with E-state index in [2.05, 4.69) is 51.3 Å². The Balaban J connectivity index is 1.32. The van der Waals surface area contributed by atoms with E-state index in [0.29, 0.717) is 39.5 Å². The normalized spacial score (nSPS) is 14.2. The van der Waals surface area contributed by atoms with Gasteiger partial charge < -0.3 is 14.4 Å². The van der Waals surface area contributed by atoms with Gasteiger partial charge in [0, 0.05) is 61.1 Å². The largest absolute Gasteiger partial charge is 0.497 e. The standard InChI is InChI=1S/C30H33ClN8O2/c1-19(2)36-13-15-37(16-14-36)21-7-5-20(6-8-21)34-39-30(32)38-25-11-12-33-29(23(25)9-10-27(38)35-39)24-17-22(40-3)18-26(41-4)28(24)31/h5-12,17-19,32,34H,13-16H2,1-4H3. The minimum Gasteiger partial charge on any atom is -0.497 e. The predicted molar refractivity (Wildman–Crippen MR) is 162 cm³/mol. The molecule has 0 radical (unpaired) electrons. The molecule has 0 unspecified atom stereocenters. The minimum absolute atomic E-state index is 0.172. The molecule has 212 valence electrons. The van der Waals surface area contributed by atoms with Crippen LogP contribution < -0.4 is 25.4 Å². The Morgan fingerprint density at radius 3 is 2.39 bits per heavy atom. The van der Waals surface area contributed by atoms with Gasteiger partial charge in [-0.3, -0.25) is 25.1 Å². The Kier molecular flexibility index (Phi) is 7.19. The average molecular weight is 573 g/mol. The number of anilines is 2. The van der Waals surface area contributed by atoms with Crippen molar-refractivity contribution in [1.82, 2.24) is 24.2 Å². The predicted octanol–water partition coefficient (Wildman–Crippen LogP) is 4.91. The van der Waals surface area contributed by atoms with Crippen LogP contribution in [0.3, 0.4) is 0 Å². The maximum absolute atomic E-state index is 8.95. The fraction of sp³-hybridized carbons (Fsp3) is 0.300. The van der Waals surface area contributed by atoms with Crippen molar-refractivity contribution in [2.24, 2.45) is 0 Å². The number of pyridine rings is 2. The molecule has 3 aromatic heterocycles. The molecule has 0 bridgehead atoms. The van der Waals surface area contributed by atoms with Gasteiger partial charge in [-0.1, -0.05) is 11.6 Å². The highest BCUT2D eigenvalue weighted by atomic mass is 35.5. The molecule has 5 aromatic rings. The van der Waals surface area contributed by atoms with Gasteiger partial charge in [0.1, 0.15) is 11.5 Å². The van der Waals surface area contributed by atoms with Gasteiger partial charge in [-0.15, -0.1) is 9.89 Å². The molecule has 1 saturated heterocycles. The minimum atomic E-state index is 0.172. The summed E-state index contributed by atoms with van der Waals surface area (Å²) in [6.07, 6.45) is 1.70. The van der Waals surface area contributed by atoms with Gasteiger partial charge in [0.05, 0.1) is 36.1 Å². The van der Waals surface area contributed by atoms with E-state index in [-0.39, 0.29) is 5.62 Å². The van der Waals surface area contributed by atoms with Crippen LogP contribution in [0.5, 0.6) is 11.5 Å². The van der Waals surface area contributed by atoms with Crippen molar-refractivity contribution in [3.05, 3.63) is 71.4 Å². The molecule has 2 aromatic carbocycles. The van der Waals surface area contributed by atoms with Crippen LogP contribution in [0.15, 0.2) is 60.8 Å². The van der Waals surface area contributed by atoms with Crippen molar-refractivity contribution >= 4 is 39.5 Å². The van der Waals surface area contributed by atoms with Gasteiger partial charge in [-0.25, -0.2) is 0 Å². The highest BCUT2D eigenvalue weighted by molar-refractivity contribution is 6.35. The second kappa shape index (κ2) is 10.9. The number of nitrogens with one attached hydrogen (secondary N) is 2.